The van der Waals surface area contributed by atoms with Crippen molar-refractivity contribution in [2.75, 3.05) is 13.2 Å². The van der Waals surface area contributed by atoms with Gasteiger partial charge < -0.3 is 14.8 Å². The van der Waals surface area contributed by atoms with Crippen LogP contribution in [0.25, 0.3) is 0 Å². The van der Waals surface area contributed by atoms with Gasteiger partial charge in [-0.25, -0.2) is 0 Å². The molecular weight excluding hydrogens is 202 g/mol. The van der Waals surface area contributed by atoms with E-state index in [1.54, 1.807) is 0 Å². The minimum absolute atomic E-state index is 0.00396. The van der Waals surface area contributed by atoms with Crippen molar-refractivity contribution in [2.24, 2.45) is 0 Å². The molecule has 3 nitrogen and oxygen atoms in total. The van der Waals surface area contributed by atoms with Crippen LogP contribution in [0.15, 0.2) is 0 Å². The van der Waals surface area contributed by atoms with Gasteiger partial charge in [-0.1, -0.05) is 0 Å². The van der Waals surface area contributed by atoms with Gasteiger partial charge in [-0.05, 0) is 47.0 Å². The molecule has 0 bridgehead atoms. The molecule has 1 saturated carbocycles. The van der Waals surface area contributed by atoms with Crippen molar-refractivity contribution in [2.45, 2.75) is 70.2 Å². The highest BCUT2D eigenvalue weighted by molar-refractivity contribution is 4.96. The van der Waals surface area contributed by atoms with Crippen LogP contribution < -0.4 is 5.32 Å². The Morgan fingerprint density at radius 2 is 2.00 bits per heavy atom. The van der Waals surface area contributed by atoms with Crippen molar-refractivity contribution >= 4 is 0 Å². The zero-order valence-electron chi connectivity index (χ0n) is 11.0. The summed E-state index contributed by atoms with van der Waals surface area (Å²) in [5.74, 6) is 0. The first kappa shape index (κ1) is 12.3. The van der Waals surface area contributed by atoms with Gasteiger partial charge in [0.15, 0.2) is 0 Å². The van der Waals surface area contributed by atoms with Gasteiger partial charge in [0.2, 0.25) is 0 Å². The second kappa shape index (κ2) is 4.28. The van der Waals surface area contributed by atoms with Crippen LogP contribution in [0, 0.1) is 0 Å². The second-order valence-electron chi connectivity index (χ2n) is 6.53. The van der Waals surface area contributed by atoms with Gasteiger partial charge in [0.1, 0.15) is 0 Å². The molecule has 0 aromatic carbocycles. The third-order valence-corrected chi connectivity index (χ3v) is 3.39. The highest BCUT2D eigenvalue weighted by Crippen LogP contribution is 2.30. The summed E-state index contributed by atoms with van der Waals surface area (Å²) in [4.78, 5) is 0. The van der Waals surface area contributed by atoms with E-state index in [2.05, 4.69) is 33.0 Å². The molecule has 2 fully saturated rings. The Balaban J connectivity index is 1.69. The first-order chi connectivity index (χ1) is 7.36. The van der Waals surface area contributed by atoms with Gasteiger partial charge in [0, 0.05) is 18.2 Å². The Labute approximate surface area is 98.9 Å². The van der Waals surface area contributed by atoms with E-state index in [-0.39, 0.29) is 11.1 Å². The molecule has 2 rings (SSSR count). The number of nitrogens with one attached hydrogen (secondary N) is 1. The summed E-state index contributed by atoms with van der Waals surface area (Å²) in [6.45, 7) is 10.4. The average Bonchev–Trinajstić information content (AvgIpc) is 2.46. The Morgan fingerprint density at radius 3 is 2.50 bits per heavy atom. The minimum Gasteiger partial charge on any atom is -0.379 e. The summed E-state index contributed by atoms with van der Waals surface area (Å²) in [5, 5.41) is 3.70. The van der Waals surface area contributed by atoms with E-state index in [0.29, 0.717) is 12.1 Å². The molecule has 1 aliphatic carbocycles. The van der Waals surface area contributed by atoms with Crippen LogP contribution >= 0.6 is 0 Å². The maximum atomic E-state index is 5.93. The van der Waals surface area contributed by atoms with E-state index in [4.69, 9.17) is 9.47 Å². The molecule has 3 heteroatoms. The summed E-state index contributed by atoms with van der Waals surface area (Å²) in [5.41, 5.74) is 0.202. The molecule has 1 unspecified atom stereocenters. The zero-order chi connectivity index (χ0) is 11.8. The molecule has 1 atom stereocenters. The maximum absolute atomic E-state index is 5.93. The summed E-state index contributed by atoms with van der Waals surface area (Å²) < 4.78 is 11.4. The molecular formula is C13H25NO2. The fourth-order valence-corrected chi connectivity index (χ4v) is 2.55. The fourth-order valence-electron chi connectivity index (χ4n) is 2.55. The first-order valence-electron chi connectivity index (χ1n) is 6.40. The lowest BCUT2D eigenvalue weighted by molar-refractivity contribution is -0.105. The largest absolute Gasteiger partial charge is 0.379 e. The van der Waals surface area contributed by atoms with Crippen LogP contribution in [0.3, 0.4) is 0 Å². The van der Waals surface area contributed by atoms with Crippen LogP contribution in [0.2, 0.25) is 0 Å². The summed E-state index contributed by atoms with van der Waals surface area (Å²) >= 11 is 0. The molecule has 1 heterocycles. The third kappa shape index (κ3) is 3.19. The minimum atomic E-state index is -0.00396. The lowest BCUT2D eigenvalue weighted by Gasteiger charge is -2.43. The fraction of sp³-hybridized carbons (Fsp3) is 1.00. The van der Waals surface area contributed by atoms with Crippen LogP contribution in [0.5, 0.6) is 0 Å². The van der Waals surface area contributed by atoms with Crippen LogP contribution in [0.4, 0.5) is 0 Å². The summed E-state index contributed by atoms with van der Waals surface area (Å²) in [7, 11) is 0. The molecule has 1 N–H and O–H groups in total. The molecule has 2 aliphatic rings. The van der Waals surface area contributed by atoms with E-state index >= 15 is 0 Å². The van der Waals surface area contributed by atoms with Crippen molar-refractivity contribution in [1.82, 2.24) is 5.32 Å². The van der Waals surface area contributed by atoms with E-state index in [9.17, 15) is 0 Å². The number of rotatable bonds is 3. The first-order valence-corrected chi connectivity index (χ1v) is 6.40. The van der Waals surface area contributed by atoms with E-state index in [0.717, 1.165) is 32.5 Å². The van der Waals surface area contributed by atoms with Crippen molar-refractivity contribution in [1.29, 1.82) is 0 Å². The van der Waals surface area contributed by atoms with Gasteiger partial charge in [0.05, 0.1) is 18.3 Å². The van der Waals surface area contributed by atoms with E-state index in [1.165, 1.54) is 0 Å². The standard InChI is InChI=1S/C13H25NO2/c1-12(2,3)16-11-7-10(8-11)14-13(4)5-6-15-9-13/h10-11,14H,5-9H2,1-4H3. The monoisotopic (exact) mass is 227 g/mol. The average molecular weight is 227 g/mol. The van der Waals surface area contributed by atoms with Crippen molar-refractivity contribution in [3.63, 3.8) is 0 Å². The number of hydrogen-bond donors (Lipinski definition) is 1. The predicted octanol–water partition coefficient (Wildman–Crippen LogP) is 2.10. The Hall–Kier alpha value is -0.120. The molecule has 0 aromatic heterocycles. The van der Waals surface area contributed by atoms with Crippen LogP contribution in [-0.4, -0.2) is 36.5 Å². The highest BCUT2D eigenvalue weighted by atomic mass is 16.5. The Morgan fingerprint density at radius 1 is 1.31 bits per heavy atom. The zero-order valence-corrected chi connectivity index (χ0v) is 11.0. The maximum Gasteiger partial charge on any atom is 0.0646 e. The summed E-state index contributed by atoms with van der Waals surface area (Å²) in [6, 6.07) is 0.624. The summed E-state index contributed by atoms with van der Waals surface area (Å²) in [6.07, 6.45) is 3.87. The highest BCUT2D eigenvalue weighted by Gasteiger charge is 2.38. The SMILES string of the molecule is CC1(NC2CC(OC(C)(C)C)C2)CCOC1. The molecule has 16 heavy (non-hydrogen) atoms. The third-order valence-electron chi connectivity index (χ3n) is 3.39. The normalized spacial score (nSPS) is 39.8. The van der Waals surface area contributed by atoms with Crippen LogP contribution in [-0.2, 0) is 9.47 Å². The Kier molecular flexibility index (Phi) is 3.30. The Bertz CT molecular complexity index is 235. The lowest BCUT2D eigenvalue weighted by Crippen LogP contribution is -2.56. The van der Waals surface area contributed by atoms with Crippen LogP contribution in [0.1, 0.15) is 47.0 Å². The predicted molar refractivity (Wildman–Crippen MR) is 64.6 cm³/mol. The molecule has 94 valence electrons. The van der Waals surface area contributed by atoms with Crippen molar-refractivity contribution < 1.29 is 9.47 Å². The van der Waals surface area contributed by atoms with Crippen molar-refractivity contribution in [3.8, 4) is 0 Å². The van der Waals surface area contributed by atoms with E-state index < -0.39 is 0 Å². The van der Waals surface area contributed by atoms with Gasteiger partial charge in [-0.3, -0.25) is 0 Å². The van der Waals surface area contributed by atoms with E-state index in [1.807, 2.05) is 0 Å². The molecule has 1 aliphatic heterocycles. The molecule has 0 amide bonds. The van der Waals surface area contributed by atoms with Gasteiger partial charge in [-0.2, -0.15) is 0 Å². The number of ether oxygens (including phenoxy) is 2. The van der Waals surface area contributed by atoms with Gasteiger partial charge in [0.25, 0.3) is 0 Å². The second-order valence-corrected chi connectivity index (χ2v) is 6.53. The molecule has 0 radical (unpaired) electrons. The van der Waals surface area contributed by atoms with Gasteiger partial charge in [-0.15, -0.1) is 0 Å². The van der Waals surface area contributed by atoms with Gasteiger partial charge >= 0.3 is 0 Å². The molecule has 0 aromatic rings. The molecule has 0 spiro atoms. The quantitative estimate of drug-likeness (QED) is 0.801. The molecule has 1 saturated heterocycles. The van der Waals surface area contributed by atoms with Crippen molar-refractivity contribution in [3.05, 3.63) is 0 Å². The number of hydrogen-bond acceptors (Lipinski definition) is 3. The smallest absolute Gasteiger partial charge is 0.0646 e. The topological polar surface area (TPSA) is 30.5 Å². The lowest BCUT2D eigenvalue weighted by atomic mass is 9.86.